The summed E-state index contributed by atoms with van der Waals surface area (Å²) < 4.78 is 10.6. The van der Waals surface area contributed by atoms with E-state index in [1.165, 1.54) is 7.11 Å². The van der Waals surface area contributed by atoms with E-state index in [0.29, 0.717) is 30.2 Å². The number of piperidine rings is 1. The number of hydrogen-bond donors (Lipinski definition) is 2. The quantitative estimate of drug-likeness (QED) is 0.724. The Bertz CT molecular complexity index is 916. The molecule has 1 aliphatic rings. The Labute approximate surface area is 174 Å². The van der Waals surface area contributed by atoms with Crippen molar-refractivity contribution in [2.45, 2.75) is 12.8 Å². The van der Waals surface area contributed by atoms with E-state index in [9.17, 15) is 14.4 Å². The fourth-order valence-electron chi connectivity index (χ4n) is 3.39. The molecule has 1 unspecified atom stereocenters. The van der Waals surface area contributed by atoms with Crippen LogP contribution in [0.3, 0.4) is 0 Å². The maximum atomic E-state index is 13.0. The van der Waals surface area contributed by atoms with Crippen LogP contribution < -0.4 is 20.5 Å². The molecule has 0 bridgehead atoms. The molecule has 3 rings (SSSR count). The molecule has 30 heavy (non-hydrogen) atoms. The first-order chi connectivity index (χ1) is 14.5. The van der Waals surface area contributed by atoms with Crippen LogP contribution in [0.1, 0.15) is 23.2 Å². The number of carbonyl (C=O) groups is 3. The van der Waals surface area contributed by atoms with E-state index in [-0.39, 0.29) is 24.3 Å². The second-order valence-electron chi connectivity index (χ2n) is 7.07. The monoisotopic (exact) mass is 411 g/mol. The van der Waals surface area contributed by atoms with Crippen molar-refractivity contribution in [1.29, 1.82) is 0 Å². The molecule has 1 fully saturated rings. The van der Waals surface area contributed by atoms with Crippen LogP contribution in [-0.4, -0.2) is 49.4 Å². The summed E-state index contributed by atoms with van der Waals surface area (Å²) in [6.45, 7) is 0.643. The van der Waals surface area contributed by atoms with Gasteiger partial charge in [0.2, 0.25) is 5.91 Å². The van der Waals surface area contributed by atoms with E-state index >= 15 is 0 Å². The van der Waals surface area contributed by atoms with Gasteiger partial charge in [-0.2, -0.15) is 0 Å². The Morgan fingerprint density at radius 1 is 1.13 bits per heavy atom. The zero-order valence-corrected chi connectivity index (χ0v) is 16.8. The van der Waals surface area contributed by atoms with Crippen molar-refractivity contribution < 1.29 is 23.9 Å². The van der Waals surface area contributed by atoms with Crippen LogP contribution in [0.5, 0.6) is 11.5 Å². The van der Waals surface area contributed by atoms with Crippen molar-refractivity contribution >= 4 is 23.4 Å². The van der Waals surface area contributed by atoms with Gasteiger partial charge in [0.1, 0.15) is 0 Å². The third kappa shape index (κ3) is 5.28. The predicted octanol–water partition coefficient (Wildman–Crippen LogP) is 2.05. The van der Waals surface area contributed by atoms with Crippen molar-refractivity contribution in [3.8, 4) is 11.5 Å². The number of nitrogens with one attached hydrogen (secondary N) is 1. The fourth-order valence-corrected chi connectivity index (χ4v) is 3.39. The van der Waals surface area contributed by atoms with Gasteiger partial charge in [-0.25, -0.2) is 0 Å². The van der Waals surface area contributed by atoms with E-state index in [4.69, 9.17) is 15.2 Å². The molecule has 0 spiro atoms. The summed E-state index contributed by atoms with van der Waals surface area (Å²) in [7, 11) is 1.45. The molecule has 8 heteroatoms. The molecule has 158 valence electrons. The molecule has 3 amide bonds. The van der Waals surface area contributed by atoms with Gasteiger partial charge < -0.3 is 25.4 Å². The first-order valence-electron chi connectivity index (χ1n) is 9.72. The van der Waals surface area contributed by atoms with Gasteiger partial charge in [-0.15, -0.1) is 0 Å². The van der Waals surface area contributed by atoms with Crippen LogP contribution in [0, 0.1) is 5.92 Å². The highest BCUT2D eigenvalue weighted by molar-refractivity contribution is 5.96. The van der Waals surface area contributed by atoms with Crippen LogP contribution in [0.4, 0.5) is 5.69 Å². The lowest BCUT2D eigenvalue weighted by molar-refractivity contribution is -0.121. The number of carbonyl (C=O) groups excluding carboxylic acids is 3. The number of hydrogen-bond acceptors (Lipinski definition) is 5. The van der Waals surface area contributed by atoms with Gasteiger partial charge in [-0.1, -0.05) is 18.2 Å². The van der Waals surface area contributed by atoms with Gasteiger partial charge in [-0.05, 0) is 43.2 Å². The molecule has 1 heterocycles. The minimum absolute atomic E-state index is 0.0912. The Hall–Kier alpha value is -3.55. The SMILES string of the molecule is COc1cc(C(=O)N2CCCC(C(=O)Nc3ccccc3)C2)ccc1OCC(N)=O. The molecule has 2 aromatic carbocycles. The first kappa shape index (κ1) is 21.2. The highest BCUT2D eigenvalue weighted by atomic mass is 16.5. The summed E-state index contributed by atoms with van der Waals surface area (Å²) >= 11 is 0. The third-order valence-electron chi connectivity index (χ3n) is 4.90. The molecule has 1 atom stereocenters. The second kappa shape index (κ2) is 9.78. The van der Waals surface area contributed by atoms with Crippen molar-refractivity contribution in [2.75, 3.05) is 32.1 Å². The number of anilines is 1. The molecular weight excluding hydrogens is 386 g/mol. The molecule has 0 aromatic heterocycles. The molecule has 1 aliphatic heterocycles. The summed E-state index contributed by atoms with van der Waals surface area (Å²) in [5, 5.41) is 2.91. The fraction of sp³-hybridized carbons (Fsp3) is 0.318. The second-order valence-corrected chi connectivity index (χ2v) is 7.07. The standard InChI is InChI=1S/C22H25N3O5/c1-29-19-12-15(9-10-18(19)30-14-20(23)26)22(28)25-11-5-6-16(13-25)21(27)24-17-7-3-2-4-8-17/h2-4,7-10,12,16H,5-6,11,13-14H2,1H3,(H2,23,26)(H,24,27). The lowest BCUT2D eigenvalue weighted by atomic mass is 9.96. The average molecular weight is 411 g/mol. The molecule has 0 radical (unpaired) electrons. The van der Waals surface area contributed by atoms with Crippen LogP contribution in [0.25, 0.3) is 0 Å². The number of ether oxygens (including phenoxy) is 2. The molecule has 8 nitrogen and oxygen atoms in total. The number of nitrogens with two attached hydrogens (primary N) is 1. The highest BCUT2D eigenvalue weighted by Crippen LogP contribution is 2.29. The zero-order chi connectivity index (χ0) is 21.5. The number of nitrogens with zero attached hydrogens (tertiary/aromatic N) is 1. The number of likely N-dealkylation sites (tertiary alicyclic amines) is 1. The summed E-state index contributed by atoms with van der Waals surface area (Å²) in [5.41, 5.74) is 6.25. The van der Waals surface area contributed by atoms with Crippen LogP contribution in [0.2, 0.25) is 0 Å². The van der Waals surface area contributed by atoms with Crippen molar-refractivity contribution in [2.24, 2.45) is 11.7 Å². The van der Waals surface area contributed by atoms with Gasteiger partial charge in [-0.3, -0.25) is 14.4 Å². The van der Waals surface area contributed by atoms with E-state index in [2.05, 4.69) is 5.32 Å². The van der Waals surface area contributed by atoms with E-state index in [0.717, 1.165) is 18.5 Å². The lowest BCUT2D eigenvalue weighted by Gasteiger charge is -2.32. The van der Waals surface area contributed by atoms with E-state index in [1.54, 1.807) is 23.1 Å². The maximum absolute atomic E-state index is 13.0. The Morgan fingerprint density at radius 2 is 1.90 bits per heavy atom. The zero-order valence-electron chi connectivity index (χ0n) is 16.8. The largest absolute Gasteiger partial charge is 0.493 e. The number of primary amides is 1. The minimum Gasteiger partial charge on any atom is -0.493 e. The number of methoxy groups -OCH3 is 1. The van der Waals surface area contributed by atoms with Crippen molar-refractivity contribution in [1.82, 2.24) is 4.90 Å². The molecule has 2 aromatic rings. The highest BCUT2D eigenvalue weighted by Gasteiger charge is 2.29. The van der Waals surface area contributed by atoms with E-state index < -0.39 is 5.91 Å². The Kier molecular flexibility index (Phi) is 6.90. The van der Waals surface area contributed by atoms with Gasteiger partial charge in [0.15, 0.2) is 18.1 Å². The third-order valence-corrected chi connectivity index (χ3v) is 4.90. The lowest BCUT2D eigenvalue weighted by Crippen LogP contribution is -2.43. The van der Waals surface area contributed by atoms with Crippen molar-refractivity contribution in [3.63, 3.8) is 0 Å². The predicted molar refractivity (Wildman–Crippen MR) is 111 cm³/mol. The number of benzene rings is 2. The smallest absolute Gasteiger partial charge is 0.255 e. The summed E-state index contributed by atoms with van der Waals surface area (Å²) in [6.07, 6.45) is 1.47. The number of rotatable bonds is 7. The van der Waals surface area contributed by atoms with Crippen molar-refractivity contribution in [3.05, 3.63) is 54.1 Å². The minimum atomic E-state index is -0.606. The van der Waals surface area contributed by atoms with Gasteiger partial charge >= 0.3 is 0 Å². The Balaban J connectivity index is 1.67. The molecule has 0 saturated carbocycles. The summed E-state index contributed by atoms with van der Waals surface area (Å²) in [6, 6.07) is 14.0. The van der Waals surface area contributed by atoms with Gasteiger partial charge in [0.25, 0.3) is 11.8 Å². The maximum Gasteiger partial charge on any atom is 0.255 e. The van der Waals surface area contributed by atoms with Crippen LogP contribution in [-0.2, 0) is 9.59 Å². The van der Waals surface area contributed by atoms with E-state index in [1.807, 2.05) is 30.3 Å². The molecular formula is C22H25N3O5. The number of para-hydroxylation sites is 1. The molecule has 1 saturated heterocycles. The summed E-state index contributed by atoms with van der Waals surface area (Å²) in [5.74, 6) is -0.504. The normalized spacial score (nSPS) is 15.9. The average Bonchev–Trinajstić information content (AvgIpc) is 2.77. The number of amides is 3. The molecule has 0 aliphatic carbocycles. The van der Waals surface area contributed by atoms with Crippen LogP contribution in [0.15, 0.2) is 48.5 Å². The van der Waals surface area contributed by atoms with Crippen LogP contribution >= 0.6 is 0 Å². The summed E-state index contributed by atoms with van der Waals surface area (Å²) in [4.78, 5) is 38.2. The Morgan fingerprint density at radius 3 is 2.60 bits per heavy atom. The van der Waals surface area contributed by atoms with Gasteiger partial charge in [0.05, 0.1) is 13.0 Å². The first-order valence-corrected chi connectivity index (χ1v) is 9.72. The molecule has 3 N–H and O–H groups in total. The van der Waals surface area contributed by atoms with Gasteiger partial charge in [0, 0.05) is 24.3 Å². The topological polar surface area (TPSA) is 111 Å².